The second kappa shape index (κ2) is 51.8. The fourth-order valence-electron chi connectivity index (χ4n) is 10.4. The van der Waals surface area contributed by atoms with Gasteiger partial charge in [-0.3, -0.25) is 4.79 Å². The van der Waals surface area contributed by atoms with Crippen LogP contribution in [0.15, 0.2) is 72.9 Å². The van der Waals surface area contributed by atoms with Crippen molar-refractivity contribution in [3.63, 3.8) is 0 Å². The Bertz CT molecular complexity index is 1630. The van der Waals surface area contributed by atoms with Crippen LogP contribution in [0.4, 0.5) is 0 Å². The molecule has 0 spiro atoms. The van der Waals surface area contributed by atoms with Gasteiger partial charge in [0.2, 0.25) is 5.91 Å². The van der Waals surface area contributed by atoms with Gasteiger partial charge in [0.05, 0.1) is 32.0 Å². The van der Waals surface area contributed by atoms with Crippen molar-refractivity contribution in [2.24, 2.45) is 0 Å². The third-order valence-electron chi connectivity index (χ3n) is 15.6. The summed E-state index contributed by atoms with van der Waals surface area (Å²) in [6, 6.07) is -0.949. The molecule has 0 saturated carbocycles. The van der Waals surface area contributed by atoms with Crippen molar-refractivity contribution >= 4 is 5.91 Å². The lowest BCUT2D eigenvalue weighted by atomic mass is 9.97. The minimum absolute atomic E-state index is 0.200. The normalized spacial score (nSPS) is 24.6. The van der Waals surface area contributed by atoms with E-state index in [4.69, 9.17) is 18.9 Å². The molecule has 0 aromatic carbocycles. The average molecular weight is 1150 g/mol. The molecular weight excluding hydrogens is 1030 g/mol. The highest BCUT2D eigenvalue weighted by Gasteiger charge is 2.51. The molecule has 1 amide bonds. The van der Waals surface area contributed by atoms with Gasteiger partial charge in [-0.05, 0) is 57.8 Å². The zero-order chi connectivity index (χ0) is 58.8. The monoisotopic (exact) mass is 1150 g/mol. The van der Waals surface area contributed by atoms with Gasteiger partial charge in [0.15, 0.2) is 12.6 Å². The number of ether oxygens (including phenoxy) is 4. The second-order valence-corrected chi connectivity index (χ2v) is 22.9. The smallest absolute Gasteiger partial charge is 0.220 e. The summed E-state index contributed by atoms with van der Waals surface area (Å²) in [5.74, 6) is -0.296. The topological polar surface area (TPSA) is 228 Å². The number of aliphatic hydroxyl groups excluding tert-OH is 8. The molecule has 12 atom stereocenters. The molecule has 0 aromatic heterocycles. The van der Waals surface area contributed by atoms with E-state index >= 15 is 0 Å². The van der Waals surface area contributed by atoms with E-state index in [-0.39, 0.29) is 18.9 Å². The number of carbonyl (C=O) groups excluding carboxylic acids is 1. The van der Waals surface area contributed by atoms with Gasteiger partial charge < -0.3 is 65.1 Å². The maximum Gasteiger partial charge on any atom is 0.220 e. The van der Waals surface area contributed by atoms with E-state index < -0.39 is 86.8 Å². The van der Waals surface area contributed by atoms with E-state index in [0.29, 0.717) is 12.8 Å². The largest absolute Gasteiger partial charge is 0.394 e. The van der Waals surface area contributed by atoms with Crippen LogP contribution in [0.3, 0.4) is 0 Å². The lowest BCUT2D eigenvalue weighted by molar-refractivity contribution is -0.359. The number of hydrogen-bond donors (Lipinski definition) is 9. The minimum atomic E-state index is -1.80. The predicted molar refractivity (Wildman–Crippen MR) is 327 cm³/mol. The molecule has 2 aliphatic heterocycles. The first-order valence-corrected chi connectivity index (χ1v) is 32.7. The number of carbonyl (C=O) groups is 1. The van der Waals surface area contributed by atoms with Crippen LogP contribution < -0.4 is 5.32 Å². The SMILES string of the molecule is CC/C=C\C/C=C\C/C=C\C/C=C\C/C=C\CCCC(=O)NC(COC1OC(CO)C(OC2OC(CO)C(O)C(O)C2O)C(O)C1O)C(O)/C=C/CCCCCCCCCCCCCCCCCCCCCCCCCCCCCC. The fraction of sp³-hybridized carbons (Fsp3) is 0.806. The molecule has 9 N–H and O–H groups in total. The summed E-state index contributed by atoms with van der Waals surface area (Å²) in [6.45, 7) is 2.66. The fourth-order valence-corrected chi connectivity index (χ4v) is 10.4. The van der Waals surface area contributed by atoms with E-state index in [1.54, 1.807) is 6.08 Å². The quantitative estimate of drug-likeness (QED) is 0.0204. The van der Waals surface area contributed by atoms with Crippen LogP contribution >= 0.6 is 0 Å². The number of nitrogens with one attached hydrogen (secondary N) is 1. The molecule has 14 heteroatoms. The molecule has 0 bridgehead atoms. The summed E-state index contributed by atoms with van der Waals surface area (Å²) >= 11 is 0. The van der Waals surface area contributed by atoms with Crippen molar-refractivity contribution in [2.45, 2.75) is 325 Å². The molecule has 2 saturated heterocycles. The lowest BCUT2D eigenvalue weighted by Crippen LogP contribution is -2.65. The van der Waals surface area contributed by atoms with Crippen LogP contribution in [-0.4, -0.2) is 140 Å². The van der Waals surface area contributed by atoms with Crippen LogP contribution in [0.5, 0.6) is 0 Å². The Morgan fingerprint density at radius 2 is 0.852 bits per heavy atom. The Kier molecular flexibility index (Phi) is 47.7. The van der Waals surface area contributed by atoms with E-state index in [1.807, 2.05) is 12.2 Å². The highest BCUT2D eigenvalue weighted by molar-refractivity contribution is 5.76. The van der Waals surface area contributed by atoms with E-state index in [2.05, 4.69) is 73.8 Å². The standard InChI is InChI=1S/C67H119NO13/c1-3-5-7-9-11-13-15-17-19-21-22-23-24-25-26-27-28-29-30-31-32-33-35-36-38-40-42-44-46-48-50-56(71)55(68-59(72)51-49-47-45-43-41-39-37-34-20-18-16-14-12-10-8-6-4-2)54-78-66-64(77)62(75)65(58(53-70)80-66)81-67-63(76)61(74)60(73)57(52-69)79-67/h6,8,12,14,18,20,37,39,43,45,48,50,55-58,60-67,69-71,73-77H,3-5,7,9-11,13,15-17,19,21-36,38,40-42,44,46-47,49,51-54H2,1-2H3,(H,68,72)/b8-6-,14-12-,20-18-,39-37-,45-43-,50-48+. The number of hydrogen-bond acceptors (Lipinski definition) is 13. The molecule has 0 aromatic rings. The molecule has 2 rings (SSSR count). The van der Waals surface area contributed by atoms with Gasteiger partial charge in [-0.2, -0.15) is 0 Å². The number of allylic oxidation sites excluding steroid dienone is 11. The molecule has 14 nitrogen and oxygen atoms in total. The number of unbranched alkanes of at least 4 members (excludes halogenated alkanes) is 29. The summed E-state index contributed by atoms with van der Waals surface area (Å²) < 4.78 is 22.8. The highest BCUT2D eigenvalue weighted by atomic mass is 16.7. The van der Waals surface area contributed by atoms with E-state index in [0.717, 1.165) is 51.4 Å². The van der Waals surface area contributed by atoms with Gasteiger partial charge in [-0.1, -0.05) is 260 Å². The van der Waals surface area contributed by atoms with Gasteiger partial charge in [-0.25, -0.2) is 0 Å². The first-order valence-electron chi connectivity index (χ1n) is 32.7. The van der Waals surface area contributed by atoms with Crippen molar-refractivity contribution in [1.29, 1.82) is 0 Å². The third kappa shape index (κ3) is 36.8. The van der Waals surface area contributed by atoms with Gasteiger partial charge in [-0.15, -0.1) is 0 Å². The van der Waals surface area contributed by atoms with Crippen molar-refractivity contribution in [1.82, 2.24) is 5.32 Å². The van der Waals surface area contributed by atoms with Gasteiger partial charge >= 0.3 is 0 Å². The van der Waals surface area contributed by atoms with Crippen molar-refractivity contribution in [2.75, 3.05) is 19.8 Å². The average Bonchev–Trinajstić information content (AvgIpc) is 3.47. The summed E-state index contributed by atoms with van der Waals surface area (Å²) in [7, 11) is 0. The zero-order valence-corrected chi connectivity index (χ0v) is 50.8. The zero-order valence-electron chi connectivity index (χ0n) is 50.8. The molecular formula is C67H119NO13. The Morgan fingerprint density at radius 1 is 0.457 bits per heavy atom. The first-order chi connectivity index (χ1) is 39.6. The first kappa shape index (κ1) is 74.5. The van der Waals surface area contributed by atoms with Crippen LogP contribution in [0.25, 0.3) is 0 Å². The molecule has 2 aliphatic rings. The molecule has 0 aliphatic carbocycles. The van der Waals surface area contributed by atoms with E-state index in [9.17, 15) is 45.6 Å². The summed E-state index contributed by atoms with van der Waals surface area (Å²) in [6.07, 6.45) is 52.6. The Balaban J connectivity index is 1.71. The number of rotatable bonds is 52. The van der Waals surface area contributed by atoms with Gasteiger partial charge in [0.1, 0.15) is 48.8 Å². The summed E-state index contributed by atoms with van der Waals surface area (Å²) in [5, 5.41) is 87.2. The van der Waals surface area contributed by atoms with E-state index in [1.165, 1.54) is 167 Å². The predicted octanol–water partition coefficient (Wildman–Crippen LogP) is 12.3. The maximum atomic E-state index is 13.2. The van der Waals surface area contributed by atoms with Gasteiger partial charge in [0.25, 0.3) is 0 Å². The van der Waals surface area contributed by atoms with Crippen molar-refractivity contribution < 1.29 is 64.6 Å². The molecule has 2 heterocycles. The van der Waals surface area contributed by atoms with Crippen LogP contribution in [0.1, 0.15) is 251 Å². The van der Waals surface area contributed by atoms with Gasteiger partial charge in [0, 0.05) is 6.42 Å². The lowest BCUT2D eigenvalue weighted by Gasteiger charge is -2.46. The van der Waals surface area contributed by atoms with Crippen LogP contribution in [0.2, 0.25) is 0 Å². The van der Waals surface area contributed by atoms with Crippen molar-refractivity contribution in [3.8, 4) is 0 Å². The molecule has 12 unspecified atom stereocenters. The minimum Gasteiger partial charge on any atom is -0.394 e. The number of aliphatic hydroxyl groups is 8. The number of amides is 1. The second-order valence-electron chi connectivity index (χ2n) is 22.9. The molecule has 0 radical (unpaired) electrons. The molecule has 81 heavy (non-hydrogen) atoms. The third-order valence-corrected chi connectivity index (χ3v) is 15.6. The van der Waals surface area contributed by atoms with Crippen molar-refractivity contribution in [3.05, 3.63) is 72.9 Å². The maximum absolute atomic E-state index is 13.2. The Labute approximate surface area is 491 Å². The Morgan fingerprint density at radius 3 is 1.30 bits per heavy atom. The summed E-state index contributed by atoms with van der Waals surface area (Å²) in [4.78, 5) is 13.2. The van der Waals surface area contributed by atoms with Crippen LogP contribution in [-0.2, 0) is 23.7 Å². The highest BCUT2D eigenvalue weighted by Crippen LogP contribution is 2.30. The summed E-state index contributed by atoms with van der Waals surface area (Å²) in [5.41, 5.74) is 0. The van der Waals surface area contributed by atoms with Crippen LogP contribution in [0, 0.1) is 0 Å². The molecule has 470 valence electrons. The molecule has 2 fully saturated rings. The Hall–Kier alpha value is -2.57.